The number of hydrogen-bond donors (Lipinski definition) is 1. The summed E-state index contributed by atoms with van der Waals surface area (Å²) in [6.07, 6.45) is 2.72. The van der Waals surface area contributed by atoms with Gasteiger partial charge in [-0.1, -0.05) is 42.8 Å². The molecule has 1 amide bonds. The molecule has 2 aromatic carbocycles. The maximum absolute atomic E-state index is 13.6. The number of nitrogens with zero attached hydrogens (tertiary/aromatic N) is 1. The molecule has 1 heterocycles. The standard InChI is InChI=1S/C23H28ClFN2O/c1-3-22(18-6-8-20(24)9-7-18)27-12-10-19(11-13-27)23(28)26-15-17-5-4-16(2)21(25)14-17/h4-9,14,19,22H,3,10-13,15H2,1-2H3,(H,26,28). The van der Waals surface area contributed by atoms with Crippen molar-refractivity contribution in [1.29, 1.82) is 0 Å². The first-order chi connectivity index (χ1) is 13.5. The molecule has 0 saturated carbocycles. The summed E-state index contributed by atoms with van der Waals surface area (Å²) in [7, 11) is 0. The second-order valence-electron chi connectivity index (χ2n) is 7.59. The predicted molar refractivity (Wildman–Crippen MR) is 112 cm³/mol. The second kappa shape index (κ2) is 9.53. The molecule has 0 aliphatic carbocycles. The van der Waals surface area contributed by atoms with Crippen LogP contribution in [-0.2, 0) is 11.3 Å². The smallest absolute Gasteiger partial charge is 0.223 e. The van der Waals surface area contributed by atoms with Crippen molar-refractivity contribution >= 4 is 17.5 Å². The lowest BCUT2D eigenvalue weighted by molar-refractivity contribution is -0.126. The average Bonchev–Trinajstić information content (AvgIpc) is 2.71. The highest BCUT2D eigenvalue weighted by Gasteiger charge is 2.28. The van der Waals surface area contributed by atoms with Crippen LogP contribution in [0.15, 0.2) is 42.5 Å². The van der Waals surface area contributed by atoms with Gasteiger partial charge in [0.25, 0.3) is 0 Å². The SMILES string of the molecule is CCC(c1ccc(Cl)cc1)N1CCC(C(=O)NCc2ccc(C)c(F)c2)CC1. The fourth-order valence-electron chi connectivity index (χ4n) is 3.94. The lowest BCUT2D eigenvalue weighted by Crippen LogP contribution is -2.41. The van der Waals surface area contributed by atoms with Crippen LogP contribution in [0.5, 0.6) is 0 Å². The summed E-state index contributed by atoms with van der Waals surface area (Å²) in [5.41, 5.74) is 2.69. The Bertz CT molecular complexity index is 801. The topological polar surface area (TPSA) is 32.3 Å². The van der Waals surface area contributed by atoms with Crippen LogP contribution in [0, 0.1) is 18.7 Å². The molecule has 1 saturated heterocycles. The number of rotatable bonds is 6. The van der Waals surface area contributed by atoms with Crippen LogP contribution in [0.2, 0.25) is 5.02 Å². The molecule has 1 N–H and O–H groups in total. The molecule has 5 heteroatoms. The fraction of sp³-hybridized carbons (Fsp3) is 0.435. The van der Waals surface area contributed by atoms with E-state index in [4.69, 9.17) is 11.6 Å². The highest BCUT2D eigenvalue weighted by molar-refractivity contribution is 6.30. The maximum Gasteiger partial charge on any atom is 0.223 e. The lowest BCUT2D eigenvalue weighted by Gasteiger charge is -2.37. The number of halogens is 2. The van der Waals surface area contributed by atoms with Crippen molar-refractivity contribution in [3.63, 3.8) is 0 Å². The van der Waals surface area contributed by atoms with Gasteiger partial charge < -0.3 is 5.32 Å². The number of carbonyl (C=O) groups excluding carboxylic acids is 1. The van der Waals surface area contributed by atoms with Gasteiger partial charge in [-0.15, -0.1) is 0 Å². The Morgan fingerprint density at radius 1 is 1.21 bits per heavy atom. The first kappa shape index (κ1) is 20.8. The van der Waals surface area contributed by atoms with Gasteiger partial charge in [-0.05, 0) is 74.2 Å². The van der Waals surface area contributed by atoms with Crippen LogP contribution in [-0.4, -0.2) is 23.9 Å². The molecule has 0 spiro atoms. The van der Waals surface area contributed by atoms with Gasteiger partial charge in [-0.25, -0.2) is 4.39 Å². The van der Waals surface area contributed by atoms with Gasteiger partial charge in [0.2, 0.25) is 5.91 Å². The van der Waals surface area contributed by atoms with Crippen LogP contribution in [0.1, 0.15) is 48.9 Å². The van der Waals surface area contributed by atoms with Gasteiger partial charge in [0.1, 0.15) is 5.82 Å². The third-order valence-corrected chi connectivity index (χ3v) is 5.94. The van der Waals surface area contributed by atoms with E-state index in [0.717, 1.165) is 42.9 Å². The Kier molecular flexibility index (Phi) is 7.08. The summed E-state index contributed by atoms with van der Waals surface area (Å²) in [6, 6.07) is 13.5. The van der Waals surface area contributed by atoms with Gasteiger partial charge in [-0.3, -0.25) is 9.69 Å². The zero-order valence-corrected chi connectivity index (χ0v) is 17.3. The van der Waals surface area contributed by atoms with E-state index in [0.29, 0.717) is 18.2 Å². The van der Waals surface area contributed by atoms with E-state index in [2.05, 4.69) is 29.3 Å². The van der Waals surface area contributed by atoms with Crippen molar-refractivity contribution in [3.8, 4) is 0 Å². The summed E-state index contributed by atoms with van der Waals surface area (Å²) < 4.78 is 13.6. The maximum atomic E-state index is 13.6. The predicted octanol–water partition coefficient (Wildman–Crippen LogP) is 5.27. The van der Waals surface area contributed by atoms with Crippen molar-refractivity contribution in [1.82, 2.24) is 10.2 Å². The van der Waals surface area contributed by atoms with Crippen molar-refractivity contribution in [3.05, 3.63) is 70.0 Å². The summed E-state index contributed by atoms with van der Waals surface area (Å²) >= 11 is 6.01. The lowest BCUT2D eigenvalue weighted by atomic mass is 9.92. The number of nitrogens with one attached hydrogen (secondary N) is 1. The van der Waals surface area contributed by atoms with Crippen molar-refractivity contribution in [2.24, 2.45) is 5.92 Å². The van der Waals surface area contributed by atoms with Crippen LogP contribution in [0.4, 0.5) is 4.39 Å². The first-order valence-electron chi connectivity index (χ1n) is 10.00. The highest BCUT2D eigenvalue weighted by atomic mass is 35.5. The number of piperidine rings is 1. The Labute approximate surface area is 171 Å². The summed E-state index contributed by atoms with van der Waals surface area (Å²) in [4.78, 5) is 15.0. The minimum absolute atomic E-state index is 0.0225. The normalized spacial score (nSPS) is 16.7. The van der Waals surface area contributed by atoms with Crippen LogP contribution >= 0.6 is 11.6 Å². The van der Waals surface area contributed by atoms with Crippen LogP contribution in [0.25, 0.3) is 0 Å². The molecule has 1 unspecified atom stereocenters. The summed E-state index contributed by atoms with van der Waals surface area (Å²) in [5.74, 6) is -0.137. The number of amides is 1. The molecule has 1 aliphatic rings. The van der Waals surface area contributed by atoms with Crippen molar-refractivity contribution in [2.45, 2.75) is 45.7 Å². The molecule has 1 atom stereocenters. The fourth-order valence-corrected chi connectivity index (χ4v) is 4.07. The molecule has 2 aromatic rings. The van der Waals surface area contributed by atoms with Gasteiger partial charge in [0, 0.05) is 23.5 Å². The van der Waals surface area contributed by atoms with E-state index in [1.165, 1.54) is 11.6 Å². The van der Waals surface area contributed by atoms with Crippen molar-refractivity contribution in [2.75, 3.05) is 13.1 Å². The minimum atomic E-state index is -0.229. The Morgan fingerprint density at radius 3 is 2.50 bits per heavy atom. The van der Waals surface area contributed by atoms with E-state index in [9.17, 15) is 9.18 Å². The van der Waals surface area contributed by atoms with Crippen molar-refractivity contribution < 1.29 is 9.18 Å². The molecule has 0 radical (unpaired) electrons. The summed E-state index contributed by atoms with van der Waals surface area (Å²) in [6.45, 7) is 6.10. The van der Waals surface area contributed by atoms with Crippen LogP contribution < -0.4 is 5.32 Å². The molecule has 0 bridgehead atoms. The molecule has 1 fully saturated rings. The Balaban J connectivity index is 1.51. The zero-order valence-electron chi connectivity index (χ0n) is 16.6. The highest BCUT2D eigenvalue weighted by Crippen LogP contribution is 2.30. The molecule has 150 valence electrons. The van der Waals surface area contributed by atoms with E-state index in [-0.39, 0.29) is 17.6 Å². The number of carbonyl (C=O) groups is 1. The van der Waals surface area contributed by atoms with E-state index < -0.39 is 0 Å². The quantitative estimate of drug-likeness (QED) is 0.714. The van der Waals surface area contributed by atoms with E-state index >= 15 is 0 Å². The van der Waals surface area contributed by atoms with E-state index in [1.54, 1.807) is 13.0 Å². The first-order valence-corrected chi connectivity index (χ1v) is 10.4. The molecule has 28 heavy (non-hydrogen) atoms. The van der Waals surface area contributed by atoms with Crippen LogP contribution in [0.3, 0.4) is 0 Å². The Hall–Kier alpha value is -1.91. The third kappa shape index (κ3) is 5.12. The molecule has 3 rings (SSSR count). The largest absolute Gasteiger partial charge is 0.352 e. The van der Waals surface area contributed by atoms with Gasteiger partial charge in [-0.2, -0.15) is 0 Å². The molecular formula is C23H28ClFN2O. The third-order valence-electron chi connectivity index (χ3n) is 5.69. The summed E-state index contributed by atoms with van der Waals surface area (Å²) in [5, 5.41) is 3.72. The second-order valence-corrected chi connectivity index (χ2v) is 8.02. The monoisotopic (exact) mass is 402 g/mol. The molecule has 3 nitrogen and oxygen atoms in total. The molecular weight excluding hydrogens is 375 g/mol. The number of benzene rings is 2. The van der Waals surface area contributed by atoms with Gasteiger partial charge in [0.15, 0.2) is 0 Å². The van der Waals surface area contributed by atoms with E-state index in [1.807, 2.05) is 18.2 Å². The van der Waals surface area contributed by atoms with Gasteiger partial charge >= 0.3 is 0 Å². The van der Waals surface area contributed by atoms with Gasteiger partial charge in [0.05, 0.1) is 0 Å². The molecule has 1 aliphatic heterocycles. The average molecular weight is 403 g/mol. The number of hydrogen-bond acceptors (Lipinski definition) is 2. The number of aryl methyl sites for hydroxylation is 1. The minimum Gasteiger partial charge on any atom is -0.352 e. The Morgan fingerprint density at radius 2 is 1.89 bits per heavy atom. The molecule has 0 aromatic heterocycles. The number of likely N-dealkylation sites (tertiary alicyclic amines) is 1. The zero-order chi connectivity index (χ0) is 20.1.